The summed E-state index contributed by atoms with van der Waals surface area (Å²) in [4.78, 5) is 18.8. The van der Waals surface area contributed by atoms with Crippen LogP contribution in [0.25, 0.3) is 66.6 Å². The monoisotopic (exact) mass is 764 g/mol. The van der Waals surface area contributed by atoms with Crippen LogP contribution in [-0.4, -0.2) is 29.1 Å². The van der Waals surface area contributed by atoms with E-state index >= 15 is 0 Å². The fourth-order valence-electron chi connectivity index (χ4n) is 7.73. The molecule has 11 rings (SSSR count). The van der Waals surface area contributed by atoms with Gasteiger partial charge in [0.25, 0.3) is 0 Å². The van der Waals surface area contributed by atoms with Gasteiger partial charge in [0, 0.05) is 57.7 Å². The highest BCUT2D eigenvalue weighted by molar-refractivity contribution is 6.10. The number of ether oxygens (including phenoxy) is 3. The Labute approximate surface area is 338 Å². The molecule has 9 nitrogen and oxygen atoms in total. The Morgan fingerprint density at radius 1 is 0.322 bits per heavy atom. The fourth-order valence-corrected chi connectivity index (χ4v) is 7.73. The van der Waals surface area contributed by atoms with Crippen LogP contribution in [0, 0.1) is 0 Å². The van der Waals surface area contributed by atoms with Crippen molar-refractivity contribution in [2.45, 2.75) is 0 Å². The second kappa shape index (κ2) is 14.3. The molecule has 0 amide bonds. The summed E-state index contributed by atoms with van der Waals surface area (Å²) in [7, 11) is 0. The number of pyridine rings is 2. The van der Waals surface area contributed by atoms with Crippen LogP contribution in [0.1, 0.15) is 0 Å². The van der Waals surface area contributed by atoms with Gasteiger partial charge in [-0.15, -0.1) is 0 Å². The lowest BCUT2D eigenvalue weighted by molar-refractivity contribution is 0.461. The number of benzene rings is 6. The second-order valence-corrected chi connectivity index (χ2v) is 14.0. The summed E-state index contributed by atoms with van der Waals surface area (Å²) in [5, 5.41) is 4.46. The van der Waals surface area contributed by atoms with Crippen molar-refractivity contribution >= 4 is 43.6 Å². The van der Waals surface area contributed by atoms with Gasteiger partial charge in [-0.2, -0.15) is 0 Å². The summed E-state index contributed by atoms with van der Waals surface area (Å²) in [5.74, 6) is 5.75. The minimum Gasteiger partial charge on any atom is -0.457 e. The highest BCUT2D eigenvalue weighted by Gasteiger charge is 2.17. The van der Waals surface area contributed by atoms with E-state index in [1.807, 2.05) is 134 Å². The van der Waals surface area contributed by atoms with Crippen LogP contribution in [0.15, 0.2) is 195 Å². The Morgan fingerprint density at radius 2 is 0.797 bits per heavy atom. The molecule has 0 aliphatic rings. The first-order chi connectivity index (χ1) is 29.2. The van der Waals surface area contributed by atoms with E-state index < -0.39 is 0 Å². The topological polar surface area (TPSA) is 89.1 Å². The summed E-state index contributed by atoms with van der Waals surface area (Å²) in [5.41, 5.74) is 4.78. The molecule has 0 aliphatic carbocycles. The highest BCUT2D eigenvalue weighted by Crippen LogP contribution is 2.39. The van der Waals surface area contributed by atoms with E-state index in [0.29, 0.717) is 45.9 Å². The van der Waals surface area contributed by atoms with Gasteiger partial charge < -0.3 is 14.2 Å². The average Bonchev–Trinajstić information content (AvgIpc) is 3.79. The molecule has 0 N–H and O–H groups in total. The zero-order valence-corrected chi connectivity index (χ0v) is 31.4. The van der Waals surface area contributed by atoms with Crippen LogP contribution >= 0.6 is 0 Å². The first kappa shape index (κ1) is 34.0. The normalized spacial score (nSPS) is 11.4. The lowest BCUT2D eigenvalue weighted by Crippen LogP contribution is -1.97. The first-order valence-electron chi connectivity index (χ1n) is 19.2. The van der Waals surface area contributed by atoms with E-state index in [1.165, 1.54) is 0 Å². The van der Waals surface area contributed by atoms with Crippen LogP contribution in [0.4, 0.5) is 0 Å². The van der Waals surface area contributed by atoms with Crippen molar-refractivity contribution in [1.29, 1.82) is 0 Å². The van der Waals surface area contributed by atoms with E-state index in [9.17, 15) is 0 Å². The molecule has 0 radical (unpaired) electrons. The SMILES string of the molecule is c1ccc(Oc2cnc(-c3cc(Oc4ccc5c6ccccc6n(-c6ccccn6)c5c4)cc(Oc4ccc5c6ccccc6n(-c6ccccn6)c5c4)c3)nc2)cc1. The molecule has 0 aliphatic heterocycles. The summed E-state index contributed by atoms with van der Waals surface area (Å²) in [6.45, 7) is 0. The maximum Gasteiger partial charge on any atom is 0.164 e. The molecular weight excluding hydrogens is 733 g/mol. The minimum absolute atomic E-state index is 0.483. The Morgan fingerprint density at radius 3 is 1.32 bits per heavy atom. The van der Waals surface area contributed by atoms with E-state index in [-0.39, 0.29) is 0 Å². The molecule has 280 valence electrons. The molecule has 0 spiro atoms. The molecule has 0 atom stereocenters. The van der Waals surface area contributed by atoms with Gasteiger partial charge in [-0.3, -0.25) is 9.13 Å². The van der Waals surface area contributed by atoms with Crippen LogP contribution in [0.5, 0.6) is 34.5 Å². The van der Waals surface area contributed by atoms with Crippen molar-refractivity contribution < 1.29 is 14.2 Å². The maximum absolute atomic E-state index is 6.70. The zero-order valence-electron chi connectivity index (χ0n) is 31.4. The number of hydrogen-bond acceptors (Lipinski definition) is 7. The molecule has 0 saturated heterocycles. The predicted octanol–water partition coefficient (Wildman–Crippen LogP) is 12.5. The van der Waals surface area contributed by atoms with Gasteiger partial charge in [0.05, 0.1) is 34.5 Å². The molecule has 59 heavy (non-hydrogen) atoms. The molecule has 0 unspecified atom stereocenters. The van der Waals surface area contributed by atoms with Gasteiger partial charge >= 0.3 is 0 Å². The Kier molecular flexibility index (Phi) is 8.25. The molecule has 0 saturated carbocycles. The highest BCUT2D eigenvalue weighted by atomic mass is 16.5. The lowest BCUT2D eigenvalue weighted by Gasteiger charge is -2.13. The van der Waals surface area contributed by atoms with Crippen LogP contribution in [-0.2, 0) is 0 Å². The van der Waals surface area contributed by atoms with Crippen LogP contribution in [0.3, 0.4) is 0 Å². The summed E-state index contributed by atoms with van der Waals surface area (Å²) in [6, 6.07) is 56.1. The van der Waals surface area contributed by atoms with Gasteiger partial charge in [0.1, 0.15) is 40.4 Å². The third-order valence-corrected chi connectivity index (χ3v) is 10.3. The van der Waals surface area contributed by atoms with Crippen molar-refractivity contribution in [3.63, 3.8) is 0 Å². The van der Waals surface area contributed by atoms with Gasteiger partial charge in [0.15, 0.2) is 11.6 Å². The lowest BCUT2D eigenvalue weighted by atomic mass is 10.1. The molecule has 5 aromatic heterocycles. The number of aromatic nitrogens is 6. The Hall–Kier alpha value is -8.30. The third-order valence-electron chi connectivity index (χ3n) is 10.3. The standard InChI is InChI=1S/C50H32N6O3/c1-2-12-34(13-3-1)57-39-31-53-50(54-32-39)33-26-37(58-35-20-22-42-40-14-4-6-16-44(40)55(46(42)29-35)48-18-8-10-24-51-48)28-38(27-33)59-36-21-23-43-41-15-5-7-17-45(41)56(47(43)30-36)49-19-9-11-25-52-49/h1-32H. The van der Waals surface area contributed by atoms with Crippen LogP contribution < -0.4 is 14.2 Å². The van der Waals surface area contributed by atoms with Gasteiger partial charge in [0.2, 0.25) is 0 Å². The Balaban J connectivity index is 1.00. The second-order valence-electron chi connectivity index (χ2n) is 14.0. The number of fused-ring (bicyclic) bond motifs is 6. The van der Waals surface area contributed by atoms with E-state index in [2.05, 4.69) is 57.7 Å². The molecule has 0 bridgehead atoms. The maximum atomic E-state index is 6.70. The molecular formula is C50H32N6O3. The van der Waals surface area contributed by atoms with Crippen molar-refractivity contribution in [3.05, 3.63) is 195 Å². The molecule has 9 heteroatoms. The smallest absolute Gasteiger partial charge is 0.164 e. The van der Waals surface area contributed by atoms with E-state index in [4.69, 9.17) is 34.1 Å². The summed E-state index contributed by atoms with van der Waals surface area (Å²) < 4.78 is 23.7. The van der Waals surface area contributed by atoms with Gasteiger partial charge in [-0.05, 0) is 84.9 Å². The Bertz CT molecular complexity index is 3120. The quantitative estimate of drug-likeness (QED) is 0.145. The zero-order chi connectivity index (χ0) is 39.1. The molecule has 11 aromatic rings. The minimum atomic E-state index is 0.483. The predicted molar refractivity (Wildman–Crippen MR) is 231 cm³/mol. The van der Waals surface area contributed by atoms with Crippen molar-refractivity contribution in [3.8, 4) is 57.5 Å². The van der Waals surface area contributed by atoms with Gasteiger partial charge in [-0.1, -0.05) is 66.7 Å². The van der Waals surface area contributed by atoms with Crippen LogP contribution in [0.2, 0.25) is 0 Å². The largest absolute Gasteiger partial charge is 0.457 e. The first-order valence-corrected chi connectivity index (χ1v) is 19.2. The van der Waals surface area contributed by atoms with Crippen molar-refractivity contribution in [2.75, 3.05) is 0 Å². The number of rotatable bonds is 9. The number of nitrogens with zero attached hydrogens (tertiary/aromatic N) is 6. The number of para-hydroxylation sites is 3. The molecule has 6 aromatic carbocycles. The fraction of sp³-hybridized carbons (Fsp3) is 0. The van der Waals surface area contributed by atoms with Crippen molar-refractivity contribution in [2.24, 2.45) is 0 Å². The van der Waals surface area contributed by atoms with Gasteiger partial charge in [-0.25, -0.2) is 19.9 Å². The van der Waals surface area contributed by atoms with Crippen molar-refractivity contribution in [1.82, 2.24) is 29.1 Å². The third kappa shape index (κ3) is 6.33. The van der Waals surface area contributed by atoms with E-state index in [0.717, 1.165) is 55.2 Å². The average molecular weight is 765 g/mol. The molecule has 0 fully saturated rings. The molecule has 5 heterocycles. The number of hydrogen-bond donors (Lipinski definition) is 0. The van der Waals surface area contributed by atoms with E-state index in [1.54, 1.807) is 12.4 Å². The summed E-state index contributed by atoms with van der Waals surface area (Å²) in [6.07, 6.45) is 6.94. The summed E-state index contributed by atoms with van der Waals surface area (Å²) >= 11 is 0.